The van der Waals surface area contributed by atoms with Crippen LogP contribution >= 0.6 is 0 Å². The van der Waals surface area contributed by atoms with E-state index in [1.807, 2.05) is 4.90 Å². The molecule has 1 fully saturated rings. The zero-order valence-corrected chi connectivity index (χ0v) is 30.9. The van der Waals surface area contributed by atoms with E-state index in [1.165, 1.54) is 18.2 Å². The van der Waals surface area contributed by atoms with Gasteiger partial charge in [-0.1, -0.05) is 0 Å². The van der Waals surface area contributed by atoms with Crippen LogP contribution in [0.15, 0.2) is 40.8 Å². The summed E-state index contributed by atoms with van der Waals surface area (Å²) in [4.78, 5) is 71.0. The van der Waals surface area contributed by atoms with Crippen molar-refractivity contribution in [3.8, 4) is 5.75 Å². The number of carboxylic acids is 2. The minimum atomic E-state index is -5.08. The highest BCUT2D eigenvalue weighted by Gasteiger charge is 2.39. The first kappa shape index (κ1) is 48.3. The molecule has 1 aliphatic heterocycles. The van der Waals surface area contributed by atoms with Crippen molar-refractivity contribution in [2.75, 3.05) is 6.54 Å². The van der Waals surface area contributed by atoms with Gasteiger partial charge in [0.05, 0.1) is 19.0 Å². The van der Waals surface area contributed by atoms with Crippen LogP contribution in [0.3, 0.4) is 0 Å². The van der Waals surface area contributed by atoms with Gasteiger partial charge in [0.25, 0.3) is 0 Å². The van der Waals surface area contributed by atoms with Crippen molar-refractivity contribution in [1.29, 1.82) is 5.41 Å². The highest BCUT2D eigenvalue weighted by Crippen LogP contribution is 2.23. The first-order chi connectivity index (χ1) is 25.4. The summed E-state index contributed by atoms with van der Waals surface area (Å²) in [7, 11) is 0. The van der Waals surface area contributed by atoms with Crippen molar-refractivity contribution in [1.82, 2.24) is 10.2 Å². The predicted molar refractivity (Wildman–Crippen MR) is 180 cm³/mol. The Labute approximate surface area is 315 Å². The molecule has 0 spiro atoms. The second-order valence-electron chi connectivity index (χ2n) is 13.7. The predicted octanol–water partition coefficient (Wildman–Crippen LogP) is 4.57. The minimum absolute atomic E-state index is 0.0109. The number of nitrogens with one attached hydrogen (secondary N) is 2. The minimum Gasteiger partial charge on any atom is -0.475 e. The molecule has 16 nitrogen and oxygen atoms in total. The number of carbonyl (C=O) groups excluding carboxylic acids is 4. The molecule has 0 aliphatic carbocycles. The Kier molecular flexibility index (Phi) is 17.1. The average molecular weight is 813 g/mol. The summed E-state index contributed by atoms with van der Waals surface area (Å²) in [6.07, 6.45) is -9.27. The van der Waals surface area contributed by atoms with E-state index in [-0.39, 0.29) is 30.3 Å². The van der Waals surface area contributed by atoms with Gasteiger partial charge in [-0.05, 0) is 97.3 Å². The fourth-order valence-corrected chi connectivity index (χ4v) is 4.33. The number of nitrogen functional groups attached to an aromatic ring is 1. The monoisotopic (exact) mass is 812 g/mol. The number of hydrogen-bond donors (Lipinski definition) is 5. The number of ether oxygens (including phenoxy) is 3. The molecule has 0 unspecified atom stereocenters. The number of furan rings is 1. The maximum atomic E-state index is 13.3. The number of amides is 1. The van der Waals surface area contributed by atoms with Gasteiger partial charge in [-0.3, -0.25) is 19.9 Å². The summed E-state index contributed by atoms with van der Waals surface area (Å²) in [5.74, 6) is -7.38. The maximum Gasteiger partial charge on any atom is 0.490 e. The summed E-state index contributed by atoms with van der Waals surface area (Å²) in [5.41, 5.74) is 4.38. The van der Waals surface area contributed by atoms with E-state index in [1.54, 1.807) is 59.7 Å². The molecular weight excluding hydrogens is 770 g/mol. The molecule has 312 valence electrons. The number of benzene rings is 1. The van der Waals surface area contributed by atoms with E-state index in [2.05, 4.69) is 5.32 Å². The van der Waals surface area contributed by atoms with Gasteiger partial charge in [-0.25, -0.2) is 19.2 Å². The van der Waals surface area contributed by atoms with Crippen molar-refractivity contribution in [3.63, 3.8) is 0 Å². The van der Waals surface area contributed by atoms with Crippen molar-refractivity contribution >= 4 is 41.6 Å². The standard InChI is InChI=1S/C30H40N4O8.2C2HF3O2/c1-29(2,3)41-24(35)16-21(27(37)42-30(4,5)6)33-26(36)22-8-7-15-34(22)17-20-13-14-23(39-20)28(38)40-19-11-9-18(10-12-19)25(31)32;2*3-2(4,5)1(6)7/h9-14,21-22H,7-8,15-17H2,1-6H3,(H3,31,32)(H,33,36);2*(H,6,7)/t21-,22+;;/m0../s1. The third-order valence-corrected chi connectivity index (χ3v) is 6.55. The Balaban J connectivity index is 0.000000949. The molecule has 0 radical (unpaired) electrons. The van der Waals surface area contributed by atoms with Gasteiger partial charge in [0, 0.05) is 5.56 Å². The number of carbonyl (C=O) groups is 6. The number of carboxylic acid groups (broad SMARTS) is 2. The molecule has 6 N–H and O–H groups in total. The SMILES string of the molecule is CC(C)(C)OC(=O)C[C@H](NC(=O)[C@H]1CCCN1Cc1ccc(C(=O)Oc2ccc(C(=N)N)cc2)o1)C(=O)OC(C)(C)C.O=C(O)C(F)(F)F.O=C(O)C(F)(F)F. The molecule has 2 heterocycles. The van der Waals surface area contributed by atoms with Crippen LogP contribution in [0.4, 0.5) is 26.3 Å². The third kappa shape index (κ3) is 18.1. The molecule has 1 aromatic carbocycles. The number of amidine groups is 1. The number of esters is 3. The lowest BCUT2D eigenvalue weighted by Crippen LogP contribution is -2.51. The lowest BCUT2D eigenvalue weighted by molar-refractivity contribution is -0.193. The first-order valence-electron chi connectivity index (χ1n) is 16.2. The zero-order valence-electron chi connectivity index (χ0n) is 30.9. The van der Waals surface area contributed by atoms with Crippen molar-refractivity contribution in [2.24, 2.45) is 5.73 Å². The highest BCUT2D eigenvalue weighted by atomic mass is 19.4. The van der Waals surface area contributed by atoms with E-state index in [4.69, 9.17) is 49.6 Å². The lowest BCUT2D eigenvalue weighted by atomic mass is 10.1. The van der Waals surface area contributed by atoms with Crippen LogP contribution in [-0.2, 0) is 40.0 Å². The smallest absolute Gasteiger partial charge is 0.475 e. The van der Waals surface area contributed by atoms with Crippen LogP contribution in [0.25, 0.3) is 0 Å². The molecule has 2 atom stereocenters. The van der Waals surface area contributed by atoms with E-state index in [0.29, 0.717) is 24.3 Å². The van der Waals surface area contributed by atoms with Gasteiger partial charge in [-0.15, -0.1) is 0 Å². The molecule has 1 amide bonds. The Morgan fingerprint density at radius 3 is 1.82 bits per heavy atom. The van der Waals surface area contributed by atoms with Crippen LogP contribution in [0, 0.1) is 5.41 Å². The third-order valence-electron chi connectivity index (χ3n) is 6.55. The van der Waals surface area contributed by atoms with E-state index >= 15 is 0 Å². The number of halogens is 6. The van der Waals surface area contributed by atoms with Gasteiger partial charge in [0.15, 0.2) is 0 Å². The summed E-state index contributed by atoms with van der Waals surface area (Å²) in [5, 5.41) is 24.4. The second-order valence-corrected chi connectivity index (χ2v) is 13.7. The lowest BCUT2D eigenvalue weighted by Gasteiger charge is -2.28. The van der Waals surface area contributed by atoms with Crippen molar-refractivity contribution in [2.45, 2.75) is 103 Å². The van der Waals surface area contributed by atoms with Gasteiger partial charge in [0.2, 0.25) is 11.7 Å². The Morgan fingerprint density at radius 1 is 0.875 bits per heavy atom. The Bertz CT molecular complexity index is 1690. The van der Waals surface area contributed by atoms with Gasteiger partial charge in [0.1, 0.15) is 34.6 Å². The summed E-state index contributed by atoms with van der Waals surface area (Å²) in [6, 6.07) is 7.51. The Hall–Kier alpha value is -5.67. The fraction of sp³-hybridized carbons (Fsp3) is 0.500. The molecule has 2 aromatic rings. The van der Waals surface area contributed by atoms with Crippen LogP contribution in [0.2, 0.25) is 0 Å². The quantitative estimate of drug-likeness (QED) is 0.0725. The topological polar surface area (TPSA) is 249 Å². The van der Waals surface area contributed by atoms with Crippen LogP contribution in [0.1, 0.15) is 82.7 Å². The summed E-state index contributed by atoms with van der Waals surface area (Å²) >= 11 is 0. The largest absolute Gasteiger partial charge is 0.490 e. The summed E-state index contributed by atoms with van der Waals surface area (Å²) < 4.78 is 85.3. The van der Waals surface area contributed by atoms with Crippen molar-refractivity contribution < 1.29 is 84.0 Å². The summed E-state index contributed by atoms with van der Waals surface area (Å²) in [6.45, 7) is 11.1. The molecular formula is C34H42F6N4O12. The van der Waals surface area contributed by atoms with Crippen LogP contribution in [0.5, 0.6) is 5.75 Å². The Morgan fingerprint density at radius 2 is 1.38 bits per heavy atom. The van der Waals surface area contributed by atoms with E-state index in [0.717, 1.165) is 6.42 Å². The van der Waals surface area contributed by atoms with Crippen LogP contribution < -0.4 is 15.8 Å². The van der Waals surface area contributed by atoms with Crippen LogP contribution in [-0.4, -0.2) is 98.9 Å². The van der Waals surface area contributed by atoms with E-state index < -0.39 is 71.4 Å². The highest BCUT2D eigenvalue weighted by molar-refractivity contribution is 5.95. The fourth-order valence-electron chi connectivity index (χ4n) is 4.33. The zero-order chi connectivity index (χ0) is 43.4. The molecule has 3 rings (SSSR count). The average Bonchev–Trinajstić information content (AvgIpc) is 3.69. The molecule has 1 aromatic heterocycles. The molecule has 1 aliphatic rings. The number of nitrogens with two attached hydrogens (primary N) is 1. The number of hydrogen-bond acceptors (Lipinski definition) is 12. The number of nitrogens with zero attached hydrogens (tertiary/aromatic N) is 1. The normalized spacial score (nSPS) is 15.1. The van der Waals surface area contributed by atoms with E-state index in [9.17, 15) is 45.5 Å². The second kappa shape index (κ2) is 19.8. The van der Waals surface area contributed by atoms with Crippen molar-refractivity contribution in [3.05, 3.63) is 53.5 Å². The molecule has 56 heavy (non-hydrogen) atoms. The van der Waals surface area contributed by atoms with Gasteiger partial charge < -0.3 is 39.9 Å². The van der Waals surface area contributed by atoms with Gasteiger partial charge in [-0.2, -0.15) is 26.3 Å². The maximum absolute atomic E-state index is 13.3. The molecule has 0 saturated carbocycles. The molecule has 22 heteroatoms. The molecule has 1 saturated heterocycles. The first-order valence-corrected chi connectivity index (χ1v) is 16.2. The number of aliphatic carboxylic acids is 2. The number of rotatable bonds is 10. The van der Waals surface area contributed by atoms with Gasteiger partial charge >= 0.3 is 42.2 Å². The molecule has 0 bridgehead atoms. The number of alkyl halides is 6. The number of likely N-dealkylation sites (tertiary alicyclic amines) is 1.